The quantitative estimate of drug-likeness (QED) is 0.686. The lowest BCUT2D eigenvalue weighted by Crippen LogP contribution is -2.16. The highest BCUT2D eigenvalue weighted by Crippen LogP contribution is 2.21. The third-order valence-corrected chi connectivity index (χ3v) is 3.59. The summed E-state index contributed by atoms with van der Waals surface area (Å²) >= 11 is 0. The minimum Gasteiger partial charge on any atom is -0.340 e. The summed E-state index contributed by atoms with van der Waals surface area (Å²) in [6.07, 6.45) is 1.16. The number of hydrogen-bond acceptors (Lipinski definition) is 4. The van der Waals surface area contributed by atoms with E-state index in [0.717, 1.165) is 29.7 Å². The van der Waals surface area contributed by atoms with Crippen LogP contribution in [0, 0.1) is 24.4 Å². The molecule has 3 rings (SSSR count). The maximum absolute atomic E-state index is 13.7. The number of halogens is 3. The Labute approximate surface area is 146 Å². The fraction of sp³-hybridized carbons (Fsp3) is 0.0556. The number of para-hydroxylation sites is 1. The Hall–Kier alpha value is -3.42. The van der Waals surface area contributed by atoms with Gasteiger partial charge in [-0.2, -0.15) is 0 Å². The highest BCUT2D eigenvalue weighted by Gasteiger charge is 2.17. The van der Waals surface area contributed by atoms with Gasteiger partial charge in [-0.1, -0.05) is 18.2 Å². The van der Waals surface area contributed by atoms with Crippen LogP contribution in [0.15, 0.2) is 48.8 Å². The third-order valence-electron chi connectivity index (χ3n) is 3.59. The molecule has 26 heavy (non-hydrogen) atoms. The maximum Gasteiger partial charge on any atom is 0.274 e. The lowest BCUT2D eigenvalue weighted by molar-refractivity contribution is 0.102. The molecule has 0 radical (unpaired) electrons. The van der Waals surface area contributed by atoms with Crippen molar-refractivity contribution < 1.29 is 18.0 Å². The van der Waals surface area contributed by atoms with Crippen molar-refractivity contribution in [2.24, 2.45) is 0 Å². The Morgan fingerprint density at radius 3 is 2.50 bits per heavy atom. The molecule has 5 nitrogen and oxygen atoms in total. The molecular formula is C18H13F3N4O. The molecule has 132 valence electrons. The van der Waals surface area contributed by atoms with Gasteiger partial charge in [0.25, 0.3) is 5.91 Å². The standard InChI is InChI=1S/C18H13F3N4O/c1-10-4-2-3-5-12(10)24-15-8-14(22-9-23-15)18(26)25-13-7-6-11(19)16(20)17(13)21/h2-9H,1H3,(H,25,26)(H,22,23,24). The van der Waals surface area contributed by atoms with E-state index in [1.807, 2.05) is 31.2 Å². The number of aromatic nitrogens is 2. The van der Waals surface area contributed by atoms with Crippen molar-refractivity contribution in [1.82, 2.24) is 9.97 Å². The summed E-state index contributed by atoms with van der Waals surface area (Å²) in [5, 5.41) is 5.20. The second-order valence-corrected chi connectivity index (χ2v) is 5.41. The van der Waals surface area contributed by atoms with E-state index >= 15 is 0 Å². The zero-order chi connectivity index (χ0) is 18.7. The molecule has 2 aromatic carbocycles. The van der Waals surface area contributed by atoms with E-state index in [1.165, 1.54) is 6.07 Å². The van der Waals surface area contributed by atoms with Crippen LogP contribution >= 0.6 is 0 Å². The van der Waals surface area contributed by atoms with Gasteiger partial charge in [-0.3, -0.25) is 4.79 Å². The number of anilines is 3. The fourth-order valence-electron chi connectivity index (χ4n) is 2.21. The Morgan fingerprint density at radius 2 is 1.73 bits per heavy atom. The summed E-state index contributed by atoms with van der Waals surface area (Å²) in [4.78, 5) is 20.1. The Bertz CT molecular complexity index is 978. The van der Waals surface area contributed by atoms with Gasteiger partial charge in [-0.25, -0.2) is 23.1 Å². The molecule has 0 bridgehead atoms. The number of rotatable bonds is 4. The number of hydrogen-bond donors (Lipinski definition) is 2. The maximum atomic E-state index is 13.7. The van der Waals surface area contributed by atoms with Crippen LogP contribution in [0.2, 0.25) is 0 Å². The molecular weight excluding hydrogens is 345 g/mol. The highest BCUT2D eigenvalue weighted by atomic mass is 19.2. The van der Waals surface area contributed by atoms with Gasteiger partial charge in [0.15, 0.2) is 17.5 Å². The molecule has 0 fully saturated rings. The zero-order valence-electron chi connectivity index (χ0n) is 13.6. The molecule has 0 aliphatic carbocycles. The van der Waals surface area contributed by atoms with Crippen molar-refractivity contribution in [3.05, 3.63) is 77.5 Å². The van der Waals surface area contributed by atoms with Gasteiger partial charge >= 0.3 is 0 Å². The third kappa shape index (κ3) is 3.64. The van der Waals surface area contributed by atoms with Crippen molar-refractivity contribution in [1.29, 1.82) is 0 Å². The van der Waals surface area contributed by atoms with Crippen LogP contribution < -0.4 is 10.6 Å². The average Bonchev–Trinajstić information content (AvgIpc) is 2.64. The number of nitrogens with zero attached hydrogens (tertiary/aromatic N) is 2. The summed E-state index contributed by atoms with van der Waals surface area (Å²) in [7, 11) is 0. The molecule has 3 aromatic rings. The molecule has 0 aliphatic heterocycles. The average molecular weight is 358 g/mol. The first-order chi connectivity index (χ1) is 12.5. The molecule has 0 spiro atoms. The van der Waals surface area contributed by atoms with Gasteiger partial charge in [0, 0.05) is 11.8 Å². The Morgan fingerprint density at radius 1 is 0.962 bits per heavy atom. The van der Waals surface area contributed by atoms with E-state index in [1.54, 1.807) is 0 Å². The number of carbonyl (C=O) groups is 1. The fourth-order valence-corrected chi connectivity index (χ4v) is 2.21. The van der Waals surface area contributed by atoms with Crippen LogP contribution in [-0.2, 0) is 0 Å². The summed E-state index contributed by atoms with van der Waals surface area (Å²) < 4.78 is 39.9. The lowest BCUT2D eigenvalue weighted by Gasteiger charge is -2.10. The predicted molar refractivity (Wildman–Crippen MR) is 90.8 cm³/mol. The van der Waals surface area contributed by atoms with E-state index in [9.17, 15) is 18.0 Å². The van der Waals surface area contributed by atoms with E-state index < -0.39 is 29.0 Å². The number of aryl methyl sites for hydroxylation is 1. The molecule has 2 N–H and O–H groups in total. The molecule has 8 heteroatoms. The van der Waals surface area contributed by atoms with Crippen LogP contribution in [-0.4, -0.2) is 15.9 Å². The van der Waals surface area contributed by atoms with E-state index in [-0.39, 0.29) is 5.69 Å². The monoisotopic (exact) mass is 358 g/mol. The van der Waals surface area contributed by atoms with Gasteiger partial charge in [0.1, 0.15) is 17.8 Å². The molecule has 0 atom stereocenters. The summed E-state index contributed by atoms with van der Waals surface area (Å²) in [6.45, 7) is 1.91. The SMILES string of the molecule is Cc1ccccc1Nc1cc(C(=O)Nc2ccc(F)c(F)c2F)ncn1. The zero-order valence-corrected chi connectivity index (χ0v) is 13.6. The van der Waals surface area contributed by atoms with Crippen LogP contribution in [0.1, 0.15) is 16.1 Å². The van der Waals surface area contributed by atoms with Crippen LogP contribution in [0.3, 0.4) is 0 Å². The number of benzene rings is 2. The van der Waals surface area contributed by atoms with Crippen LogP contribution in [0.25, 0.3) is 0 Å². The molecule has 1 amide bonds. The molecule has 0 unspecified atom stereocenters. The van der Waals surface area contributed by atoms with Crippen molar-refractivity contribution in [3.8, 4) is 0 Å². The molecule has 1 aromatic heterocycles. The number of nitrogens with one attached hydrogen (secondary N) is 2. The molecule has 0 saturated carbocycles. The normalized spacial score (nSPS) is 10.5. The van der Waals surface area contributed by atoms with Gasteiger partial charge in [0.05, 0.1) is 5.69 Å². The summed E-state index contributed by atoms with van der Waals surface area (Å²) in [5.74, 6) is -4.92. The van der Waals surface area contributed by atoms with Crippen molar-refractivity contribution in [2.75, 3.05) is 10.6 Å². The van der Waals surface area contributed by atoms with E-state index in [0.29, 0.717) is 5.82 Å². The summed E-state index contributed by atoms with van der Waals surface area (Å²) in [5.41, 5.74) is 1.21. The van der Waals surface area contributed by atoms with Crippen LogP contribution in [0.5, 0.6) is 0 Å². The van der Waals surface area contributed by atoms with Crippen molar-refractivity contribution in [3.63, 3.8) is 0 Å². The predicted octanol–water partition coefficient (Wildman–Crippen LogP) is 4.20. The Kier molecular flexibility index (Phi) is 4.83. The molecule has 1 heterocycles. The van der Waals surface area contributed by atoms with E-state index in [2.05, 4.69) is 20.6 Å². The van der Waals surface area contributed by atoms with Crippen LogP contribution in [0.4, 0.5) is 30.4 Å². The molecule has 0 aliphatic rings. The van der Waals surface area contributed by atoms with Gasteiger partial charge in [0.2, 0.25) is 0 Å². The number of amides is 1. The molecule has 0 saturated heterocycles. The smallest absolute Gasteiger partial charge is 0.274 e. The first kappa shape index (κ1) is 17.4. The largest absolute Gasteiger partial charge is 0.340 e. The van der Waals surface area contributed by atoms with E-state index in [4.69, 9.17) is 0 Å². The second kappa shape index (κ2) is 7.22. The minimum absolute atomic E-state index is 0.0692. The van der Waals surface area contributed by atoms with Crippen molar-refractivity contribution >= 4 is 23.1 Å². The van der Waals surface area contributed by atoms with Gasteiger partial charge in [-0.15, -0.1) is 0 Å². The first-order valence-electron chi connectivity index (χ1n) is 7.55. The lowest BCUT2D eigenvalue weighted by atomic mass is 10.2. The highest BCUT2D eigenvalue weighted by molar-refractivity contribution is 6.03. The minimum atomic E-state index is -1.66. The topological polar surface area (TPSA) is 66.9 Å². The van der Waals surface area contributed by atoms with Crippen molar-refractivity contribution in [2.45, 2.75) is 6.92 Å². The summed E-state index contributed by atoms with van der Waals surface area (Å²) in [6, 6.07) is 10.5. The van der Waals surface area contributed by atoms with Gasteiger partial charge < -0.3 is 10.6 Å². The first-order valence-corrected chi connectivity index (χ1v) is 7.55. The second-order valence-electron chi connectivity index (χ2n) is 5.41. The van der Waals surface area contributed by atoms with Gasteiger partial charge in [-0.05, 0) is 30.7 Å². The Balaban J connectivity index is 1.81. The number of carbonyl (C=O) groups excluding carboxylic acids is 1.